The molecule has 0 aliphatic carbocycles. The molecule has 1 atom stereocenters. The molecule has 0 unspecified atom stereocenters. The van der Waals surface area contributed by atoms with Crippen molar-refractivity contribution in [3.63, 3.8) is 0 Å². The third-order valence-corrected chi connectivity index (χ3v) is 4.20. The molecule has 0 aromatic heterocycles. The van der Waals surface area contributed by atoms with E-state index in [9.17, 15) is 4.79 Å². The van der Waals surface area contributed by atoms with Crippen LogP contribution in [0.25, 0.3) is 0 Å². The van der Waals surface area contributed by atoms with E-state index in [4.69, 9.17) is 9.47 Å². The summed E-state index contributed by atoms with van der Waals surface area (Å²) in [7, 11) is 0. The number of morpholine rings is 1. The van der Waals surface area contributed by atoms with Gasteiger partial charge in [-0.3, -0.25) is 4.79 Å². The van der Waals surface area contributed by atoms with Crippen LogP contribution in [-0.2, 0) is 9.53 Å². The summed E-state index contributed by atoms with van der Waals surface area (Å²) >= 11 is 0. The second kappa shape index (κ2) is 8.53. The zero-order valence-corrected chi connectivity index (χ0v) is 14.5. The number of anilines is 2. The van der Waals surface area contributed by atoms with Crippen LogP contribution in [0.2, 0.25) is 0 Å². The summed E-state index contributed by atoms with van der Waals surface area (Å²) in [4.78, 5) is 14.8. The van der Waals surface area contributed by atoms with Gasteiger partial charge in [-0.15, -0.1) is 0 Å². The van der Waals surface area contributed by atoms with Gasteiger partial charge < -0.3 is 19.7 Å². The van der Waals surface area contributed by atoms with Crippen LogP contribution < -0.4 is 15.0 Å². The van der Waals surface area contributed by atoms with Crippen molar-refractivity contribution in [3.8, 4) is 5.75 Å². The van der Waals surface area contributed by atoms with Crippen LogP contribution in [-0.4, -0.2) is 38.3 Å². The van der Waals surface area contributed by atoms with Crippen LogP contribution in [0.15, 0.2) is 54.6 Å². The Morgan fingerprint density at radius 3 is 2.44 bits per heavy atom. The van der Waals surface area contributed by atoms with Crippen molar-refractivity contribution in [1.29, 1.82) is 0 Å². The Morgan fingerprint density at radius 2 is 1.80 bits per heavy atom. The van der Waals surface area contributed by atoms with Crippen LogP contribution in [0.3, 0.4) is 0 Å². The van der Waals surface area contributed by atoms with E-state index < -0.39 is 6.10 Å². The van der Waals surface area contributed by atoms with E-state index in [0.29, 0.717) is 12.2 Å². The number of carbonyl (C=O) groups excluding carboxylic acids is 1. The highest BCUT2D eigenvalue weighted by atomic mass is 16.5. The fraction of sp³-hybridized carbons (Fsp3) is 0.350. The lowest BCUT2D eigenvalue weighted by molar-refractivity contribution is -0.122. The average molecular weight is 340 g/mol. The fourth-order valence-electron chi connectivity index (χ4n) is 2.79. The summed E-state index contributed by atoms with van der Waals surface area (Å²) in [6.07, 6.45) is 0.0911. The van der Waals surface area contributed by atoms with Gasteiger partial charge in [-0.2, -0.15) is 0 Å². The van der Waals surface area contributed by atoms with Gasteiger partial charge in [0.1, 0.15) is 5.75 Å². The van der Waals surface area contributed by atoms with Crippen LogP contribution in [0.4, 0.5) is 11.4 Å². The van der Waals surface area contributed by atoms with Crippen LogP contribution in [0.5, 0.6) is 5.75 Å². The van der Waals surface area contributed by atoms with Gasteiger partial charge in [-0.1, -0.05) is 25.1 Å². The normalized spacial score (nSPS) is 15.5. The zero-order chi connectivity index (χ0) is 17.5. The molecule has 1 amide bonds. The quantitative estimate of drug-likeness (QED) is 0.876. The number of amides is 1. The van der Waals surface area contributed by atoms with Gasteiger partial charge in [0.05, 0.1) is 13.2 Å². The van der Waals surface area contributed by atoms with Gasteiger partial charge in [-0.25, -0.2) is 0 Å². The largest absolute Gasteiger partial charge is 0.481 e. The summed E-state index contributed by atoms with van der Waals surface area (Å²) in [5.41, 5.74) is 1.92. The second-order valence-corrected chi connectivity index (χ2v) is 5.96. The van der Waals surface area contributed by atoms with E-state index in [1.165, 1.54) is 0 Å². The highest BCUT2D eigenvalue weighted by molar-refractivity contribution is 5.94. The molecule has 25 heavy (non-hydrogen) atoms. The maximum Gasteiger partial charge on any atom is 0.265 e. The molecule has 2 aromatic carbocycles. The Balaban J connectivity index is 1.59. The molecule has 2 aromatic rings. The molecule has 0 saturated carbocycles. The Bertz CT molecular complexity index is 667. The molecule has 132 valence electrons. The van der Waals surface area contributed by atoms with Crippen LogP contribution in [0, 0.1) is 0 Å². The molecule has 1 aliphatic heterocycles. The molecule has 1 N–H and O–H groups in total. The highest BCUT2D eigenvalue weighted by Gasteiger charge is 2.18. The minimum atomic E-state index is -0.513. The lowest BCUT2D eigenvalue weighted by Gasteiger charge is -2.29. The number of nitrogens with zero attached hydrogens (tertiary/aromatic N) is 1. The predicted molar refractivity (Wildman–Crippen MR) is 99.3 cm³/mol. The van der Waals surface area contributed by atoms with Gasteiger partial charge in [0.2, 0.25) is 0 Å². The lowest BCUT2D eigenvalue weighted by atomic mass is 10.2. The SMILES string of the molecule is CC[C@@H](Oc1ccccc1)C(=O)Nc1ccc(N2CCOCC2)cc1. The minimum absolute atomic E-state index is 0.134. The van der Waals surface area contributed by atoms with Gasteiger partial charge in [0.25, 0.3) is 5.91 Å². The molecule has 1 fully saturated rings. The van der Waals surface area contributed by atoms with Gasteiger partial charge in [-0.05, 0) is 42.8 Å². The molecule has 0 spiro atoms. The van der Waals surface area contributed by atoms with E-state index >= 15 is 0 Å². The number of benzene rings is 2. The smallest absolute Gasteiger partial charge is 0.265 e. The van der Waals surface area contributed by atoms with E-state index in [1.54, 1.807) is 0 Å². The second-order valence-electron chi connectivity index (χ2n) is 5.96. The molecule has 0 bridgehead atoms. The van der Waals surface area contributed by atoms with Gasteiger partial charge in [0, 0.05) is 24.5 Å². The summed E-state index contributed by atoms with van der Waals surface area (Å²) in [6, 6.07) is 17.3. The molecule has 3 rings (SSSR count). The lowest BCUT2D eigenvalue weighted by Crippen LogP contribution is -2.36. The standard InChI is InChI=1S/C20H24N2O3/c1-2-19(25-18-6-4-3-5-7-18)20(23)21-16-8-10-17(11-9-16)22-12-14-24-15-13-22/h3-11,19H,2,12-15H2,1H3,(H,21,23)/t19-/m1/s1. The highest BCUT2D eigenvalue weighted by Crippen LogP contribution is 2.20. The monoisotopic (exact) mass is 340 g/mol. The summed E-state index contributed by atoms with van der Waals surface area (Å²) in [5.74, 6) is 0.567. The van der Waals surface area contributed by atoms with Crippen molar-refractivity contribution in [3.05, 3.63) is 54.6 Å². The number of hydrogen-bond donors (Lipinski definition) is 1. The Kier molecular flexibility index (Phi) is 5.90. The average Bonchev–Trinajstić information content (AvgIpc) is 2.68. The van der Waals surface area contributed by atoms with Crippen molar-refractivity contribution in [2.45, 2.75) is 19.4 Å². The molecule has 1 aliphatic rings. The minimum Gasteiger partial charge on any atom is -0.481 e. The number of ether oxygens (including phenoxy) is 2. The van der Waals surface area contributed by atoms with Gasteiger partial charge >= 0.3 is 0 Å². The molecule has 5 heteroatoms. The van der Waals surface area contributed by atoms with Crippen molar-refractivity contribution in [2.24, 2.45) is 0 Å². The number of nitrogens with one attached hydrogen (secondary N) is 1. The molecule has 5 nitrogen and oxygen atoms in total. The molecular formula is C20H24N2O3. The van der Waals surface area contributed by atoms with E-state index in [2.05, 4.69) is 10.2 Å². The predicted octanol–water partition coefficient (Wildman–Crippen LogP) is 3.32. The summed E-state index contributed by atoms with van der Waals surface area (Å²) in [5, 5.41) is 2.94. The van der Waals surface area contributed by atoms with Crippen molar-refractivity contribution in [2.75, 3.05) is 36.5 Å². The van der Waals surface area contributed by atoms with Crippen molar-refractivity contribution < 1.29 is 14.3 Å². The van der Waals surface area contributed by atoms with Crippen molar-refractivity contribution in [1.82, 2.24) is 0 Å². The zero-order valence-electron chi connectivity index (χ0n) is 14.5. The Hall–Kier alpha value is -2.53. The molecular weight excluding hydrogens is 316 g/mol. The van der Waals surface area contributed by atoms with E-state index in [-0.39, 0.29) is 5.91 Å². The first-order valence-corrected chi connectivity index (χ1v) is 8.71. The Morgan fingerprint density at radius 1 is 1.12 bits per heavy atom. The molecule has 0 radical (unpaired) electrons. The van der Waals surface area contributed by atoms with Crippen LogP contribution in [0.1, 0.15) is 13.3 Å². The Labute approximate surface area is 148 Å². The van der Waals surface area contributed by atoms with E-state index in [1.807, 2.05) is 61.5 Å². The topological polar surface area (TPSA) is 50.8 Å². The number of hydrogen-bond acceptors (Lipinski definition) is 4. The first-order valence-electron chi connectivity index (χ1n) is 8.71. The molecule has 1 saturated heterocycles. The summed E-state index contributed by atoms with van der Waals surface area (Å²) < 4.78 is 11.2. The maximum atomic E-state index is 12.5. The third kappa shape index (κ3) is 4.73. The third-order valence-electron chi connectivity index (χ3n) is 4.20. The first-order chi connectivity index (χ1) is 12.3. The van der Waals surface area contributed by atoms with Crippen molar-refractivity contribution >= 4 is 17.3 Å². The summed E-state index contributed by atoms with van der Waals surface area (Å²) in [6.45, 7) is 5.25. The first kappa shape index (κ1) is 17.3. The maximum absolute atomic E-state index is 12.5. The van der Waals surface area contributed by atoms with E-state index in [0.717, 1.165) is 37.7 Å². The fourth-order valence-corrected chi connectivity index (χ4v) is 2.79. The number of rotatable bonds is 6. The van der Waals surface area contributed by atoms with Gasteiger partial charge in [0.15, 0.2) is 6.10 Å². The number of para-hydroxylation sites is 1. The van der Waals surface area contributed by atoms with Crippen LogP contribution >= 0.6 is 0 Å². The molecule has 1 heterocycles. The number of carbonyl (C=O) groups is 1.